The Bertz CT molecular complexity index is 972. The molecule has 0 unspecified atom stereocenters. The van der Waals surface area contributed by atoms with Crippen LogP contribution in [0, 0.1) is 11.8 Å². The number of imide groups is 1. The Morgan fingerprint density at radius 2 is 1.84 bits per heavy atom. The molecule has 1 aromatic heterocycles. The Hall–Kier alpha value is -3.49. The van der Waals surface area contributed by atoms with Crippen LogP contribution in [0.4, 0.5) is 0 Å². The van der Waals surface area contributed by atoms with Crippen molar-refractivity contribution in [3.63, 3.8) is 0 Å². The molecule has 3 amide bonds. The predicted octanol–water partition coefficient (Wildman–Crippen LogP) is 2.09. The van der Waals surface area contributed by atoms with Crippen molar-refractivity contribution >= 4 is 17.7 Å². The van der Waals surface area contributed by atoms with Gasteiger partial charge in [0.1, 0.15) is 5.75 Å². The lowest BCUT2D eigenvalue weighted by Crippen LogP contribution is -2.33. The van der Waals surface area contributed by atoms with Crippen LogP contribution in [0.1, 0.15) is 31.6 Å². The lowest BCUT2D eigenvalue weighted by atomic mass is 9.85. The van der Waals surface area contributed by atoms with E-state index in [1.54, 1.807) is 19.2 Å². The normalized spacial score (nSPS) is 20.1. The molecule has 0 radical (unpaired) electrons. The summed E-state index contributed by atoms with van der Waals surface area (Å²) >= 11 is 0. The fraction of sp³-hybridized carbons (Fsp3) is 0.409. The van der Waals surface area contributed by atoms with E-state index in [1.807, 2.05) is 24.3 Å². The summed E-state index contributed by atoms with van der Waals surface area (Å²) in [5, 5.41) is 6.65. The van der Waals surface area contributed by atoms with Crippen LogP contribution in [-0.4, -0.2) is 46.4 Å². The van der Waals surface area contributed by atoms with Crippen molar-refractivity contribution in [2.45, 2.75) is 32.2 Å². The maximum absolute atomic E-state index is 12.4. The summed E-state index contributed by atoms with van der Waals surface area (Å²) < 4.78 is 10.3. The van der Waals surface area contributed by atoms with Crippen LogP contribution in [0.25, 0.3) is 11.4 Å². The van der Waals surface area contributed by atoms with E-state index in [9.17, 15) is 14.4 Å². The minimum atomic E-state index is -0.233. The van der Waals surface area contributed by atoms with Gasteiger partial charge in [-0.3, -0.25) is 19.3 Å². The maximum Gasteiger partial charge on any atom is 0.246 e. The van der Waals surface area contributed by atoms with Crippen molar-refractivity contribution in [2.24, 2.45) is 11.8 Å². The first-order valence-electron chi connectivity index (χ1n) is 10.3. The highest BCUT2D eigenvalue weighted by Crippen LogP contribution is 2.35. The molecule has 2 aliphatic rings. The summed E-state index contributed by atoms with van der Waals surface area (Å²) in [5.74, 6) is 0.547. The van der Waals surface area contributed by atoms with Gasteiger partial charge in [-0.25, -0.2) is 0 Å². The Balaban J connectivity index is 1.22. The van der Waals surface area contributed by atoms with E-state index in [1.165, 1.54) is 4.90 Å². The molecule has 31 heavy (non-hydrogen) atoms. The van der Waals surface area contributed by atoms with Gasteiger partial charge in [0.2, 0.25) is 29.4 Å². The first-order chi connectivity index (χ1) is 15.1. The number of hydrogen-bond donors (Lipinski definition) is 1. The summed E-state index contributed by atoms with van der Waals surface area (Å²) in [7, 11) is 1.59. The van der Waals surface area contributed by atoms with Gasteiger partial charge in [-0.1, -0.05) is 17.3 Å². The topological polar surface area (TPSA) is 115 Å². The van der Waals surface area contributed by atoms with E-state index in [0.29, 0.717) is 31.0 Å². The number of aromatic nitrogens is 2. The zero-order valence-electron chi connectivity index (χ0n) is 17.2. The van der Waals surface area contributed by atoms with Crippen LogP contribution < -0.4 is 10.1 Å². The van der Waals surface area contributed by atoms with Gasteiger partial charge in [-0.2, -0.15) is 4.98 Å². The van der Waals surface area contributed by atoms with Crippen molar-refractivity contribution < 1.29 is 23.6 Å². The summed E-state index contributed by atoms with van der Waals surface area (Å²) in [6.45, 7) is 0.375. The average molecular weight is 424 g/mol. The smallest absolute Gasteiger partial charge is 0.246 e. The standard InChI is InChI=1S/C22H24N4O5/c1-30-15-10-8-14(9-11-15)20-24-19(31-25-20)13-23-18(27)7-4-12-26-21(28)16-5-2-3-6-17(16)22(26)29/h2-3,8-11,16-17H,4-7,12-13H2,1H3,(H,23,27)/t16-,17-/m0/s1. The van der Waals surface area contributed by atoms with Gasteiger partial charge in [-0.05, 0) is 43.5 Å². The maximum atomic E-state index is 12.4. The summed E-state index contributed by atoms with van der Waals surface area (Å²) in [5.41, 5.74) is 0.776. The van der Waals surface area contributed by atoms with Crippen LogP contribution in [0.5, 0.6) is 5.75 Å². The molecular formula is C22H24N4O5. The van der Waals surface area contributed by atoms with Gasteiger partial charge < -0.3 is 14.6 Å². The van der Waals surface area contributed by atoms with Crippen molar-refractivity contribution in [1.29, 1.82) is 0 Å². The highest BCUT2D eigenvalue weighted by molar-refractivity contribution is 6.05. The fourth-order valence-corrected chi connectivity index (χ4v) is 3.93. The highest BCUT2D eigenvalue weighted by Gasteiger charge is 2.46. The molecule has 0 saturated carbocycles. The Morgan fingerprint density at radius 3 is 2.48 bits per heavy atom. The molecule has 0 bridgehead atoms. The third kappa shape index (κ3) is 4.50. The van der Waals surface area contributed by atoms with Crippen LogP contribution in [0.15, 0.2) is 40.9 Å². The Labute approximate surface area is 179 Å². The van der Waals surface area contributed by atoms with Crippen LogP contribution in [-0.2, 0) is 20.9 Å². The van der Waals surface area contributed by atoms with E-state index >= 15 is 0 Å². The number of benzene rings is 1. The molecule has 2 heterocycles. The zero-order valence-corrected chi connectivity index (χ0v) is 17.2. The summed E-state index contributed by atoms with van der Waals surface area (Å²) in [6.07, 6.45) is 5.77. The van der Waals surface area contributed by atoms with Gasteiger partial charge in [0.15, 0.2) is 0 Å². The van der Waals surface area contributed by atoms with Crippen LogP contribution in [0.3, 0.4) is 0 Å². The quantitative estimate of drug-likeness (QED) is 0.510. The number of amides is 3. The first kappa shape index (κ1) is 20.8. The molecule has 1 fully saturated rings. The van der Waals surface area contributed by atoms with Gasteiger partial charge in [0.05, 0.1) is 25.5 Å². The summed E-state index contributed by atoms with van der Waals surface area (Å²) in [4.78, 5) is 42.6. The number of allylic oxidation sites excluding steroid dienone is 2. The number of rotatable bonds is 8. The van der Waals surface area contributed by atoms with Crippen molar-refractivity contribution in [1.82, 2.24) is 20.4 Å². The minimum Gasteiger partial charge on any atom is -0.497 e. The number of carbonyl (C=O) groups is 3. The van der Waals surface area contributed by atoms with E-state index < -0.39 is 0 Å². The van der Waals surface area contributed by atoms with Crippen LogP contribution in [0.2, 0.25) is 0 Å². The minimum absolute atomic E-state index is 0.110. The fourth-order valence-electron chi connectivity index (χ4n) is 3.93. The molecule has 1 aromatic carbocycles. The number of nitrogens with one attached hydrogen (secondary N) is 1. The monoisotopic (exact) mass is 424 g/mol. The molecular weight excluding hydrogens is 400 g/mol. The molecule has 4 rings (SSSR count). The van der Waals surface area contributed by atoms with E-state index in [2.05, 4.69) is 15.5 Å². The van der Waals surface area contributed by atoms with Gasteiger partial charge in [-0.15, -0.1) is 0 Å². The van der Waals surface area contributed by atoms with Gasteiger partial charge >= 0.3 is 0 Å². The number of nitrogens with zero attached hydrogens (tertiary/aromatic N) is 3. The van der Waals surface area contributed by atoms with Gasteiger partial charge in [0, 0.05) is 18.5 Å². The van der Waals surface area contributed by atoms with Crippen molar-refractivity contribution in [3.8, 4) is 17.1 Å². The highest BCUT2D eigenvalue weighted by atomic mass is 16.5. The summed E-state index contributed by atoms with van der Waals surface area (Å²) in [6, 6.07) is 7.24. The first-order valence-corrected chi connectivity index (χ1v) is 10.3. The largest absolute Gasteiger partial charge is 0.497 e. The van der Waals surface area contributed by atoms with Crippen molar-refractivity contribution in [2.75, 3.05) is 13.7 Å². The molecule has 2 aromatic rings. The van der Waals surface area contributed by atoms with E-state index in [4.69, 9.17) is 9.26 Å². The molecule has 1 aliphatic heterocycles. The second kappa shape index (κ2) is 9.11. The molecule has 9 nitrogen and oxygen atoms in total. The lowest BCUT2D eigenvalue weighted by molar-refractivity contribution is -0.140. The predicted molar refractivity (Wildman–Crippen MR) is 109 cm³/mol. The molecule has 1 saturated heterocycles. The Morgan fingerprint density at radius 1 is 1.16 bits per heavy atom. The second-order valence-electron chi connectivity index (χ2n) is 7.60. The number of hydrogen-bond acceptors (Lipinski definition) is 7. The number of likely N-dealkylation sites (tertiary alicyclic amines) is 1. The Kier molecular flexibility index (Phi) is 6.11. The lowest BCUT2D eigenvalue weighted by Gasteiger charge is -2.14. The van der Waals surface area contributed by atoms with Crippen molar-refractivity contribution in [3.05, 3.63) is 42.3 Å². The third-order valence-corrected chi connectivity index (χ3v) is 5.64. The number of fused-ring (bicyclic) bond motifs is 1. The SMILES string of the molecule is COc1ccc(-c2noc(CNC(=O)CCCN3C(=O)[C@H]4CC=CC[C@@H]4C3=O)n2)cc1. The molecule has 2 atom stereocenters. The van der Waals surface area contributed by atoms with Gasteiger partial charge in [0.25, 0.3) is 0 Å². The van der Waals surface area contributed by atoms with Crippen LogP contribution >= 0.6 is 0 Å². The molecule has 1 N–H and O–H groups in total. The molecule has 9 heteroatoms. The number of methoxy groups -OCH3 is 1. The molecule has 0 spiro atoms. The second-order valence-corrected chi connectivity index (χ2v) is 7.60. The third-order valence-electron chi connectivity index (χ3n) is 5.64. The van der Waals surface area contributed by atoms with E-state index in [-0.39, 0.29) is 49.1 Å². The molecule has 162 valence electrons. The number of carbonyl (C=O) groups excluding carboxylic acids is 3. The van der Waals surface area contributed by atoms with E-state index in [0.717, 1.165) is 11.3 Å². The number of ether oxygens (including phenoxy) is 1. The zero-order chi connectivity index (χ0) is 21.8. The molecule has 1 aliphatic carbocycles. The average Bonchev–Trinajstić information content (AvgIpc) is 3.37.